The molecule has 1 aliphatic rings. The number of nitrogens with zero attached hydrogens (tertiary/aromatic N) is 1. The molecule has 1 fully saturated rings. The van der Waals surface area contributed by atoms with Gasteiger partial charge in [-0.15, -0.1) is 11.3 Å². The fourth-order valence-electron chi connectivity index (χ4n) is 2.50. The van der Waals surface area contributed by atoms with Crippen LogP contribution in [0.2, 0.25) is 0 Å². The van der Waals surface area contributed by atoms with Gasteiger partial charge in [-0.05, 0) is 68.1 Å². The maximum absolute atomic E-state index is 12.0. The van der Waals surface area contributed by atoms with Crippen molar-refractivity contribution >= 4 is 33.4 Å². The van der Waals surface area contributed by atoms with Gasteiger partial charge in [0.2, 0.25) is 0 Å². The number of rotatable bonds is 4. The highest BCUT2D eigenvalue weighted by Gasteiger charge is 2.29. The summed E-state index contributed by atoms with van der Waals surface area (Å²) in [5.41, 5.74) is -0.422. The molecule has 4 nitrogen and oxygen atoms in total. The summed E-state index contributed by atoms with van der Waals surface area (Å²) in [6, 6.07) is 4.57. The highest BCUT2D eigenvalue weighted by Crippen LogP contribution is 2.27. The molecule has 124 valence electrons. The van der Waals surface area contributed by atoms with Crippen LogP contribution in [0.1, 0.15) is 45.0 Å². The molecule has 1 saturated heterocycles. The second-order valence-electron chi connectivity index (χ2n) is 6.85. The Kier molecular flexibility index (Phi) is 5.91. The number of halogens is 1. The Labute approximate surface area is 145 Å². The van der Waals surface area contributed by atoms with E-state index in [2.05, 4.69) is 40.3 Å². The first-order valence-electron chi connectivity index (χ1n) is 7.71. The Hall–Kier alpha value is -0.590. The molecule has 22 heavy (non-hydrogen) atoms. The topological polar surface area (TPSA) is 41.6 Å². The molecule has 6 heteroatoms. The zero-order valence-electron chi connectivity index (χ0n) is 13.7. The van der Waals surface area contributed by atoms with E-state index in [0.717, 1.165) is 29.8 Å². The van der Waals surface area contributed by atoms with Crippen LogP contribution < -0.4 is 5.32 Å². The molecule has 2 heterocycles. The minimum absolute atomic E-state index is 0.190. The normalized spacial score (nSPS) is 20.2. The maximum atomic E-state index is 12.0. The number of nitrogens with one attached hydrogen (secondary N) is 1. The highest BCUT2D eigenvalue weighted by atomic mass is 79.9. The van der Waals surface area contributed by atoms with Crippen LogP contribution in [0, 0.1) is 5.92 Å². The first kappa shape index (κ1) is 17.8. The van der Waals surface area contributed by atoms with E-state index < -0.39 is 5.60 Å². The number of amides is 1. The van der Waals surface area contributed by atoms with Crippen molar-refractivity contribution in [2.45, 2.75) is 45.8 Å². The molecule has 1 aromatic rings. The predicted octanol–water partition coefficient (Wildman–Crippen LogP) is 4.42. The molecule has 2 unspecified atom stereocenters. The van der Waals surface area contributed by atoms with Gasteiger partial charge in [-0.1, -0.05) is 0 Å². The number of ether oxygens (including phenoxy) is 1. The van der Waals surface area contributed by atoms with Crippen LogP contribution in [-0.4, -0.2) is 36.2 Å². The van der Waals surface area contributed by atoms with Crippen molar-refractivity contribution in [2.75, 3.05) is 19.6 Å². The van der Waals surface area contributed by atoms with Crippen LogP contribution in [0.4, 0.5) is 4.79 Å². The van der Waals surface area contributed by atoms with Crippen molar-refractivity contribution in [3.63, 3.8) is 0 Å². The second-order valence-corrected chi connectivity index (χ2v) is 9.35. The van der Waals surface area contributed by atoms with Gasteiger partial charge in [0.15, 0.2) is 0 Å². The van der Waals surface area contributed by atoms with E-state index in [4.69, 9.17) is 4.74 Å². The van der Waals surface area contributed by atoms with Gasteiger partial charge in [0.25, 0.3) is 0 Å². The van der Waals surface area contributed by atoms with Gasteiger partial charge in [-0.2, -0.15) is 0 Å². The number of thiophene rings is 1. The number of hydrogen-bond donors (Lipinski definition) is 1. The molecule has 0 aromatic carbocycles. The van der Waals surface area contributed by atoms with Crippen molar-refractivity contribution in [2.24, 2.45) is 5.92 Å². The minimum atomic E-state index is -0.422. The molecule has 1 aromatic heterocycles. The third-order valence-electron chi connectivity index (χ3n) is 3.67. The number of likely N-dealkylation sites (tertiary alicyclic amines) is 1. The lowest BCUT2D eigenvalue weighted by molar-refractivity contribution is 0.0288. The van der Waals surface area contributed by atoms with Gasteiger partial charge in [0.1, 0.15) is 5.60 Å². The van der Waals surface area contributed by atoms with Crippen molar-refractivity contribution in [3.05, 3.63) is 20.8 Å². The Morgan fingerprint density at radius 2 is 2.27 bits per heavy atom. The van der Waals surface area contributed by atoms with E-state index >= 15 is 0 Å². The van der Waals surface area contributed by atoms with E-state index in [-0.39, 0.29) is 6.09 Å². The summed E-state index contributed by atoms with van der Waals surface area (Å²) in [6.07, 6.45) is 0.845. The summed E-state index contributed by atoms with van der Waals surface area (Å²) in [4.78, 5) is 15.2. The fourth-order valence-corrected chi connectivity index (χ4v) is 3.95. The number of carbonyl (C=O) groups excluding carboxylic acids is 1. The summed E-state index contributed by atoms with van der Waals surface area (Å²) in [6.45, 7) is 10.4. The predicted molar refractivity (Wildman–Crippen MR) is 94.4 cm³/mol. The van der Waals surface area contributed by atoms with Crippen molar-refractivity contribution in [3.8, 4) is 0 Å². The second kappa shape index (κ2) is 7.32. The molecule has 0 saturated carbocycles. The Bertz CT molecular complexity index is 512. The highest BCUT2D eigenvalue weighted by molar-refractivity contribution is 9.11. The molecular formula is C16H25BrN2O2S. The van der Waals surface area contributed by atoms with E-state index in [1.807, 2.05) is 25.7 Å². The van der Waals surface area contributed by atoms with Crippen LogP contribution in [0.3, 0.4) is 0 Å². The van der Waals surface area contributed by atoms with Gasteiger partial charge in [-0.3, -0.25) is 0 Å². The average molecular weight is 389 g/mol. The fraction of sp³-hybridized carbons (Fsp3) is 0.688. The summed E-state index contributed by atoms with van der Waals surface area (Å²) >= 11 is 5.26. The van der Waals surface area contributed by atoms with Crippen LogP contribution >= 0.6 is 27.3 Å². The van der Waals surface area contributed by atoms with Crippen molar-refractivity contribution in [1.82, 2.24) is 10.2 Å². The molecule has 0 bridgehead atoms. The SMILES string of the molecule is CC(NCC1CCN(C(=O)OC(C)(C)C)C1)c1ccc(Br)s1. The Morgan fingerprint density at radius 1 is 1.55 bits per heavy atom. The number of hydrogen-bond acceptors (Lipinski definition) is 4. The van der Waals surface area contributed by atoms with Gasteiger partial charge in [0, 0.05) is 30.6 Å². The Morgan fingerprint density at radius 3 is 2.86 bits per heavy atom. The van der Waals surface area contributed by atoms with E-state index in [1.165, 1.54) is 4.88 Å². The lowest BCUT2D eigenvalue weighted by Crippen LogP contribution is -2.36. The largest absolute Gasteiger partial charge is 0.444 e. The summed E-state index contributed by atoms with van der Waals surface area (Å²) in [5.74, 6) is 0.498. The summed E-state index contributed by atoms with van der Waals surface area (Å²) in [5, 5.41) is 3.57. The third kappa shape index (κ3) is 5.25. The van der Waals surface area contributed by atoms with E-state index in [0.29, 0.717) is 12.0 Å². The smallest absolute Gasteiger partial charge is 0.410 e. The van der Waals surface area contributed by atoms with Crippen LogP contribution in [0.25, 0.3) is 0 Å². The molecule has 2 atom stereocenters. The Balaban J connectivity index is 1.75. The molecule has 2 rings (SSSR count). The standard InChI is InChI=1S/C16H25BrN2O2S/c1-11(13-5-6-14(17)22-13)18-9-12-7-8-19(10-12)15(20)21-16(2,3)4/h5-6,11-12,18H,7-10H2,1-4H3. The maximum Gasteiger partial charge on any atom is 0.410 e. The summed E-state index contributed by atoms with van der Waals surface area (Å²) in [7, 11) is 0. The van der Waals surface area contributed by atoms with Gasteiger partial charge in [-0.25, -0.2) is 4.79 Å². The average Bonchev–Trinajstić information content (AvgIpc) is 3.02. The van der Waals surface area contributed by atoms with E-state index in [9.17, 15) is 4.79 Å². The first-order valence-corrected chi connectivity index (χ1v) is 9.32. The summed E-state index contributed by atoms with van der Waals surface area (Å²) < 4.78 is 6.59. The third-order valence-corrected chi connectivity index (χ3v) is 5.48. The zero-order chi connectivity index (χ0) is 16.3. The molecule has 0 aliphatic carbocycles. The van der Waals surface area contributed by atoms with Gasteiger partial charge in [0.05, 0.1) is 3.79 Å². The van der Waals surface area contributed by atoms with Crippen molar-refractivity contribution in [1.29, 1.82) is 0 Å². The van der Waals surface area contributed by atoms with Crippen LogP contribution in [0.5, 0.6) is 0 Å². The monoisotopic (exact) mass is 388 g/mol. The van der Waals surface area contributed by atoms with Gasteiger partial charge >= 0.3 is 6.09 Å². The molecule has 1 aliphatic heterocycles. The van der Waals surface area contributed by atoms with E-state index in [1.54, 1.807) is 11.3 Å². The zero-order valence-corrected chi connectivity index (χ0v) is 16.1. The van der Waals surface area contributed by atoms with Gasteiger partial charge < -0.3 is 15.0 Å². The molecule has 1 amide bonds. The van der Waals surface area contributed by atoms with Crippen LogP contribution in [-0.2, 0) is 4.74 Å². The molecular weight excluding hydrogens is 364 g/mol. The van der Waals surface area contributed by atoms with Crippen molar-refractivity contribution < 1.29 is 9.53 Å². The lowest BCUT2D eigenvalue weighted by atomic mass is 10.1. The quantitative estimate of drug-likeness (QED) is 0.829. The molecule has 0 radical (unpaired) electrons. The molecule has 0 spiro atoms. The molecule has 1 N–H and O–H groups in total. The minimum Gasteiger partial charge on any atom is -0.444 e. The lowest BCUT2D eigenvalue weighted by Gasteiger charge is -2.24. The van der Waals surface area contributed by atoms with Crippen LogP contribution in [0.15, 0.2) is 15.9 Å². The first-order chi connectivity index (χ1) is 10.2. The number of carbonyl (C=O) groups is 1.